The van der Waals surface area contributed by atoms with Gasteiger partial charge >= 0.3 is 5.97 Å². The second-order valence-electron chi connectivity index (χ2n) is 3.41. The largest absolute Gasteiger partial charge is 0.462 e. The summed E-state index contributed by atoms with van der Waals surface area (Å²) >= 11 is 2.87. The van der Waals surface area contributed by atoms with Crippen molar-refractivity contribution in [2.24, 2.45) is 0 Å². The van der Waals surface area contributed by atoms with Crippen molar-refractivity contribution in [3.05, 3.63) is 33.5 Å². The third-order valence-corrected chi connectivity index (χ3v) is 3.52. The number of thiazole rings is 1. The Bertz CT molecular complexity index is 558. The molecule has 0 radical (unpaired) electrons. The fourth-order valence-corrected chi connectivity index (χ4v) is 2.56. The van der Waals surface area contributed by atoms with Gasteiger partial charge in [0.25, 0.3) is 0 Å². The third-order valence-electron chi connectivity index (χ3n) is 2.15. The molecule has 0 spiro atoms. The van der Waals surface area contributed by atoms with Gasteiger partial charge in [-0.2, -0.15) is 11.3 Å². The van der Waals surface area contributed by atoms with E-state index in [1.165, 1.54) is 11.3 Å². The van der Waals surface area contributed by atoms with E-state index in [1.54, 1.807) is 29.7 Å². The third kappa shape index (κ3) is 2.96. The fourth-order valence-electron chi connectivity index (χ4n) is 1.38. The molecule has 18 heavy (non-hydrogen) atoms. The monoisotopic (exact) mass is 280 g/mol. The van der Waals surface area contributed by atoms with Crippen LogP contribution in [0.15, 0.2) is 22.2 Å². The lowest BCUT2D eigenvalue weighted by molar-refractivity contribution is -0.136. The first-order valence-corrected chi connectivity index (χ1v) is 7.15. The van der Waals surface area contributed by atoms with E-state index in [-0.39, 0.29) is 5.97 Å². The normalized spacial score (nSPS) is 11.5. The smallest absolute Gasteiger partial charge is 0.340 e. The van der Waals surface area contributed by atoms with Crippen molar-refractivity contribution in [2.75, 3.05) is 12.3 Å². The van der Waals surface area contributed by atoms with Crippen molar-refractivity contribution in [1.82, 2.24) is 4.98 Å². The maximum Gasteiger partial charge on any atom is 0.340 e. The molecule has 0 aliphatic rings. The SMILES string of the molecule is CCOC(=O)C(=Cc1ccsc1)c1csc(N)n1. The van der Waals surface area contributed by atoms with Gasteiger partial charge in [0.15, 0.2) is 5.13 Å². The van der Waals surface area contributed by atoms with Gasteiger partial charge < -0.3 is 10.5 Å². The molecule has 6 heteroatoms. The van der Waals surface area contributed by atoms with Crippen LogP contribution in [0.3, 0.4) is 0 Å². The summed E-state index contributed by atoms with van der Waals surface area (Å²) in [6, 6.07) is 1.93. The number of aromatic nitrogens is 1. The highest BCUT2D eigenvalue weighted by Crippen LogP contribution is 2.23. The molecule has 2 aromatic rings. The molecule has 0 amide bonds. The molecule has 0 atom stereocenters. The number of nitrogens with two attached hydrogens (primary N) is 1. The average Bonchev–Trinajstić information content (AvgIpc) is 2.97. The first-order valence-electron chi connectivity index (χ1n) is 5.33. The fraction of sp³-hybridized carbons (Fsp3) is 0.167. The highest BCUT2D eigenvalue weighted by Gasteiger charge is 2.16. The van der Waals surface area contributed by atoms with E-state index in [4.69, 9.17) is 10.5 Å². The molecule has 0 unspecified atom stereocenters. The topological polar surface area (TPSA) is 65.2 Å². The molecule has 0 aliphatic heterocycles. The Morgan fingerprint density at radius 2 is 2.39 bits per heavy atom. The molecule has 0 aliphatic carbocycles. The summed E-state index contributed by atoms with van der Waals surface area (Å²) in [7, 11) is 0. The Balaban J connectivity index is 2.37. The number of hydrogen-bond donors (Lipinski definition) is 1. The molecule has 4 nitrogen and oxygen atoms in total. The van der Waals surface area contributed by atoms with Gasteiger partial charge in [0.1, 0.15) is 0 Å². The lowest BCUT2D eigenvalue weighted by Crippen LogP contribution is -2.07. The number of carbonyl (C=O) groups excluding carboxylic acids is 1. The van der Waals surface area contributed by atoms with Gasteiger partial charge in [-0.25, -0.2) is 9.78 Å². The minimum absolute atomic E-state index is 0.333. The number of esters is 1. The molecule has 2 N–H and O–H groups in total. The Hall–Kier alpha value is -1.66. The van der Waals surface area contributed by atoms with Gasteiger partial charge in [0, 0.05) is 5.38 Å². The summed E-state index contributed by atoms with van der Waals surface area (Å²) in [6.45, 7) is 2.11. The molecule has 2 heterocycles. The van der Waals surface area contributed by atoms with Gasteiger partial charge in [0.05, 0.1) is 17.9 Å². The second-order valence-corrected chi connectivity index (χ2v) is 5.08. The zero-order chi connectivity index (χ0) is 13.0. The van der Waals surface area contributed by atoms with Crippen LogP contribution < -0.4 is 5.73 Å². The zero-order valence-corrected chi connectivity index (χ0v) is 11.4. The standard InChI is InChI=1S/C12H12N2O2S2/c1-2-16-11(15)9(5-8-3-4-17-6-8)10-7-18-12(13)14-10/h3-7H,2H2,1H3,(H2,13,14). The number of hydrogen-bond acceptors (Lipinski definition) is 6. The molecular formula is C12H12N2O2S2. The van der Waals surface area contributed by atoms with Gasteiger partial charge in [-0.1, -0.05) is 0 Å². The maximum atomic E-state index is 11.9. The van der Waals surface area contributed by atoms with Crippen molar-refractivity contribution < 1.29 is 9.53 Å². The first kappa shape index (κ1) is 12.8. The number of nitrogens with zero attached hydrogens (tertiary/aromatic N) is 1. The van der Waals surface area contributed by atoms with Crippen LogP contribution in [0.25, 0.3) is 11.6 Å². The number of anilines is 1. The zero-order valence-electron chi connectivity index (χ0n) is 9.75. The summed E-state index contributed by atoms with van der Waals surface area (Å²) in [5.74, 6) is -0.381. The van der Waals surface area contributed by atoms with Crippen LogP contribution in [0.1, 0.15) is 18.2 Å². The quantitative estimate of drug-likeness (QED) is 0.691. The Morgan fingerprint density at radius 3 is 2.94 bits per heavy atom. The van der Waals surface area contributed by atoms with Crippen molar-refractivity contribution in [3.8, 4) is 0 Å². The van der Waals surface area contributed by atoms with Crippen LogP contribution >= 0.6 is 22.7 Å². The molecule has 2 aromatic heterocycles. The highest BCUT2D eigenvalue weighted by molar-refractivity contribution is 7.13. The van der Waals surface area contributed by atoms with Gasteiger partial charge in [-0.15, -0.1) is 11.3 Å². The van der Waals surface area contributed by atoms with E-state index in [0.29, 0.717) is 23.0 Å². The van der Waals surface area contributed by atoms with Crippen LogP contribution in [-0.2, 0) is 9.53 Å². The highest BCUT2D eigenvalue weighted by atomic mass is 32.1. The Labute approximate surface area is 113 Å². The summed E-state index contributed by atoms with van der Waals surface area (Å²) in [5.41, 5.74) is 7.54. The van der Waals surface area contributed by atoms with Crippen molar-refractivity contribution >= 4 is 45.4 Å². The van der Waals surface area contributed by atoms with Crippen molar-refractivity contribution in [3.63, 3.8) is 0 Å². The lowest BCUT2D eigenvalue weighted by atomic mass is 10.1. The van der Waals surface area contributed by atoms with Gasteiger partial charge in [-0.3, -0.25) is 0 Å². The number of rotatable bonds is 4. The van der Waals surface area contributed by atoms with Crippen molar-refractivity contribution in [2.45, 2.75) is 6.92 Å². The number of ether oxygens (including phenoxy) is 1. The van der Waals surface area contributed by atoms with Crippen LogP contribution in [0.5, 0.6) is 0 Å². The molecule has 0 aromatic carbocycles. The van der Waals surface area contributed by atoms with Crippen LogP contribution in [0.2, 0.25) is 0 Å². The van der Waals surface area contributed by atoms with E-state index in [0.717, 1.165) is 5.56 Å². The molecule has 2 rings (SSSR count). The molecular weight excluding hydrogens is 268 g/mol. The van der Waals surface area contributed by atoms with Crippen LogP contribution in [-0.4, -0.2) is 17.6 Å². The van der Waals surface area contributed by atoms with Crippen LogP contribution in [0.4, 0.5) is 5.13 Å². The van der Waals surface area contributed by atoms with Crippen molar-refractivity contribution in [1.29, 1.82) is 0 Å². The van der Waals surface area contributed by atoms with E-state index < -0.39 is 0 Å². The number of thiophene rings is 1. The summed E-state index contributed by atoms with van der Waals surface area (Å²) < 4.78 is 5.04. The van der Waals surface area contributed by atoms with E-state index in [2.05, 4.69) is 4.98 Å². The molecule has 0 fully saturated rings. The minimum Gasteiger partial charge on any atom is -0.462 e. The average molecular weight is 280 g/mol. The van der Waals surface area contributed by atoms with Gasteiger partial charge in [0.2, 0.25) is 0 Å². The maximum absolute atomic E-state index is 11.9. The van der Waals surface area contributed by atoms with E-state index in [1.807, 2.05) is 16.8 Å². The number of carbonyl (C=O) groups is 1. The van der Waals surface area contributed by atoms with Gasteiger partial charge in [-0.05, 0) is 35.4 Å². The Kier molecular flexibility index (Phi) is 4.11. The van der Waals surface area contributed by atoms with E-state index in [9.17, 15) is 4.79 Å². The molecule has 0 bridgehead atoms. The molecule has 94 valence electrons. The minimum atomic E-state index is -0.381. The summed E-state index contributed by atoms with van der Waals surface area (Å²) in [6.07, 6.45) is 1.77. The predicted octanol–water partition coefficient (Wildman–Crippen LogP) is 2.89. The van der Waals surface area contributed by atoms with E-state index >= 15 is 0 Å². The molecule has 0 saturated carbocycles. The summed E-state index contributed by atoms with van der Waals surface area (Å²) in [5, 5.41) is 6.09. The summed E-state index contributed by atoms with van der Waals surface area (Å²) in [4.78, 5) is 16.0. The Morgan fingerprint density at radius 1 is 1.56 bits per heavy atom. The first-order chi connectivity index (χ1) is 8.70. The predicted molar refractivity (Wildman–Crippen MR) is 75.3 cm³/mol. The number of nitrogen functional groups attached to an aromatic ring is 1. The van der Waals surface area contributed by atoms with Crippen LogP contribution in [0, 0.1) is 0 Å². The second kappa shape index (κ2) is 5.79. The lowest BCUT2D eigenvalue weighted by Gasteiger charge is -2.03. The molecule has 0 saturated heterocycles.